The third kappa shape index (κ3) is 2.97. The Balaban J connectivity index is 0.000000357. The van der Waals surface area contributed by atoms with Crippen molar-refractivity contribution in [3.8, 4) is 0 Å². The highest BCUT2D eigenvalue weighted by molar-refractivity contribution is 6.12. The molecule has 1 aromatic heterocycles. The maximum absolute atomic E-state index is 6.08. The Labute approximate surface area is 107 Å². The normalized spacial score (nSPS) is 10.0. The lowest BCUT2D eigenvalue weighted by atomic mass is 10.0. The van der Waals surface area contributed by atoms with Gasteiger partial charge in [-0.1, -0.05) is 13.8 Å². The smallest absolute Gasteiger partial charge is 0.0482 e. The monoisotopic (exact) mass is 244 g/mol. The Morgan fingerprint density at radius 3 is 2.33 bits per heavy atom. The van der Waals surface area contributed by atoms with Crippen LogP contribution in [0.15, 0.2) is 24.4 Å². The molecule has 0 aliphatic heterocycles. The van der Waals surface area contributed by atoms with Crippen molar-refractivity contribution in [2.45, 2.75) is 19.8 Å². The van der Waals surface area contributed by atoms with Gasteiger partial charge in [-0.05, 0) is 29.7 Å². The van der Waals surface area contributed by atoms with E-state index in [1.807, 2.05) is 6.07 Å². The predicted molar refractivity (Wildman–Crippen MR) is 79.0 cm³/mol. The minimum atomic E-state index is 0.542. The summed E-state index contributed by atoms with van der Waals surface area (Å²) in [6.45, 7) is 4.41. The molecule has 0 radical (unpaired) electrons. The van der Waals surface area contributed by atoms with Gasteiger partial charge in [0.1, 0.15) is 0 Å². The average molecular weight is 244 g/mol. The second kappa shape index (κ2) is 6.00. The minimum absolute atomic E-state index is 0.542. The van der Waals surface area contributed by atoms with Gasteiger partial charge in [0.2, 0.25) is 0 Å². The first-order chi connectivity index (χ1) is 8.51. The molecular weight excluding hydrogens is 224 g/mol. The number of hydrogen-bond acceptors (Lipinski definition) is 3. The number of rotatable bonds is 2. The fraction of sp³-hybridized carbons (Fsp3) is 0.286. The molecule has 96 valence electrons. The summed E-state index contributed by atoms with van der Waals surface area (Å²) in [6.07, 6.45) is 4.02. The van der Waals surface area contributed by atoms with Crippen molar-refractivity contribution < 1.29 is 0 Å². The van der Waals surface area contributed by atoms with Gasteiger partial charge >= 0.3 is 0 Å². The molecule has 0 bridgehead atoms. The molecule has 0 aliphatic rings. The second-order valence-electron chi connectivity index (χ2n) is 4.46. The van der Waals surface area contributed by atoms with E-state index in [9.17, 15) is 0 Å². The molecule has 0 unspecified atom stereocenters. The number of nitrogens with zero attached hydrogens (tertiary/aromatic N) is 1. The fourth-order valence-electron chi connectivity index (χ4n) is 1.90. The van der Waals surface area contributed by atoms with Gasteiger partial charge in [0.25, 0.3) is 0 Å². The van der Waals surface area contributed by atoms with E-state index in [0.29, 0.717) is 5.92 Å². The molecule has 1 heterocycles. The van der Waals surface area contributed by atoms with Crippen LogP contribution < -0.4 is 5.73 Å². The summed E-state index contributed by atoms with van der Waals surface area (Å²) in [5.74, 6) is 0.542. The molecule has 0 spiro atoms. The van der Waals surface area contributed by atoms with Crippen LogP contribution in [-0.2, 0) is 7.05 Å². The Hall–Kier alpha value is -2.10. The summed E-state index contributed by atoms with van der Waals surface area (Å²) in [5.41, 5.74) is 9.25. The molecule has 4 heteroatoms. The van der Waals surface area contributed by atoms with Crippen LogP contribution >= 0.6 is 0 Å². The van der Waals surface area contributed by atoms with E-state index in [4.69, 9.17) is 16.6 Å². The summed E-state index contributed by atoms with van der Waals surface area (Å²) in [7, 11) is 2.07. The maximum atomic E-state index is 6.08. The van der Waals surface area contributed by atoms with E-state index in [1.54, 1.807) is 0 Å². The number of aryl methyl sites for hydroxylation is 1. The van der Waals surface area contributed by atoms with Crippen molar-refractivity contribution >= 4 is 29.0 Å². The van der Waals surface area contributed by atoms with E-state index in [1.165, 1.54) is 16.5 Å². The van der Waals surface area contributed by atoms with Crippen LogP contribution in [0, 0.1) is 10.8 Å². The number of nitrogens with one attached hydrogen (secondary N) is 2. The topological polar surface area (TPSA) is 78.7 Å². The molecule has 1 aromatic carbocycles. The quantitative estimate of drug-likeness (QED) is 0.550. The van der Waals surface area contributed by atoms with E-state index in [2.05, 4.69) is 43.8 Å². The van der Waals surface area contributed by atoms with Crippen molar-refractivity contribution in [3.05, 3.63) is 30.0 Å². The third-order valence-corrected chi connectivity index (χ3v) is 2.75. The maximum Gasteiger partial charge on any atom is 0.0482 e. The molecule has 0 aliphatic carbocycles. The molecule has 0 atom stereocenters. The van der Waals surface area contributed by atoms with Crippen LogP contribution in [0.25, 0.3) is 10.9 Å². The molecule has 2 rings (SSSR count). The van der Waals surface area contributed by atoms with E-state index >= 15 is 0 Å². The predicted octanol–water partition coefficient (Wildman–Crippen LogP) is 3.17. The van der Waals surface area contributed by atoms with Gasteiger partial charge in [-0.15, -0.1) is 0 Å². The number of nitrogen functional groups attached to an aromatic ring is 1. The molecule has 18 heavy (non-hydrogen) atoms. The molecule has 0 saturated heterocycles. The van der Waals surface area contributed by atoms with Gasteiger partial charge in [-0.3, -0.25) is 0 Å². The Morgan fingerprint density at radius 1 is 1.22 bits per heavy atom. The zero-order valence-corrected chi connectivity index (χ0v) is 11.1. The van der Waals surface area contributed by atoms with Gasteiger partial charge in [-0.2, -0.15) is 0 Å². The highest BCUT2D eigenvalue weighted by atomic mass is 14.9. The number of hydrogen-bond donors (Lipinski definition) is 3. The van der Waals surface area contributed by atoms with E-state index in [0.717, 1.165) is 18.1 Å². The van der Waals surface area contributed by atoms with Gasteiger partial charge in [0.15, 0.2) is 0 Å². The number of fused-ring (bicyclic) bond motifs is 1. The van der Waals surface area contributed by atoms with E-state index in [-0.39, 0.29) is 0 Å². The van der Waals surface area contributed by atoms with Crippen LogP contribution in [-0.4, -0.2) is 17.0 Å². The first kappa shape index (κ1) is 14.0. The Kier molecular flexibility index (Phi) is 4.66. The summed E-state index contributed by atoms with van der Waals surface area (Å²) >= 11 is 0. The summed E-state index contributed by atoms with van der Waals surface area (Å²) in [5, 5.41) is 13.4. The molecule has 4 N–H and O–H groups in total. The second-order valence-corrected chi connectivity index (χ2v) is 4.46. The zero-order valence-electron chi connectivity index (χ0n) is 11.1. The van der Waals surface area contributed by atoms with Crippen LogP contribution in [0.4, 0.5) is 5.69 Å². The lowest BCUT2D eigenvalue weighted by Gasteiger charge is -2.02. The largest absolute Gasteiger partial charge is 0.399 e. The number of nitrogens with two attached hydrogens (primary N) is 1. The molecule has 0 amide bonds. The van der Waals surface area contributed by atoms with Crippen LogP contribution in [0.3, 0.4) is 0 Å². The van der Waals surface area contributed by atoms with Gasteiger partial charge in [0, 0.05) is 42.3 Å². The summed E-state index contributed by atoms with van der Waals surface area (Å²) < 4.78 is 2.16. The SMILES string of the molecule is CC(C)c1cn(C)c2ccc(N)cc12.N=CC=N. The highest BCUT2D eigenvalue weighted by Crippen LogP contribution is 2.28. The van der Waals surface area contributed by atoms with Crippen molar-refractivity contribution in [2.24, 2.45) is 7.05 Å². The molecule has 0 fully saturated rings. The Bertz CT molecular complexity index is 546. The lowest BCUT2D eigenvalue weighted by Crippen LogP contribution is -1.86. The fourth-order valence-corrected chi connectivity index (χ4v) is 1.90. The lowest BCUT2D eigenvalue weighted by molar-refractivity contribution is 0.857. The van der Waals surface area contributed by atoms with E-state index < -0.39 is 0 Å². The first-order valence-corrected chi connectivity index (χ1v) is 5.85. The summed E-state index contributed by atoms with van der Waals surface area (Å²) in [4.78, 5) is 0. The molecular formula is C14H20N4. The van der Waals surface area contributed by atoms with Crippen LogP contribution in [0.2, 0.25) is 0 Å². The average Bonchev–Trinajstić information content (AvgIpc) is 2.67. The summed E-state index contributed by atoms with van der Waals surface area (Å²) in [6, 6.07) is 6.09. The van der Waals surface area contributed by atoms with Gasteiger partial charge < -0.3 is 21.1 Å². The van der Waals surface area contributed by atoms with Crippen molar-refractivity contribution in [1.29, 1.82) is 10.8 Å². The standard InChI is InChI=1S/C12H16N2.C2H4N2/c1-8(2)11-7-14(3)12-5-4-9(13)6-10(11)12;3-1-2-4/h4-8H,13H2,1-3H3;1-4H. The molecule has 2 aromatic rings. The van der Waals surface area contributed by atoms with Gasteiger partial charge in [0.05, 0.1) is 0 Å². The van der Waals surface area contributed by atoms with Crippen molar-refractivity contribution in [3.63, 3.8) is 0 Å². The van der Waals surface area contributed by atoms with Crippen molar-refractivity contribution in [2.75, 3.05) is 5.73 Å². The third-order valence-electron chi connectivity index (χ3n) is 2.75. The minimum Gasteiger partial charge on any atom is -0.399 e. The number of aromatic nitrogens is 1. The molecule has 0 saturated carbocycles. The highest BCUT2D eigenvalue weighted by Gasteiger charge is 2.09. The van der Waals surface area contributed by atoms with Gasteiger partial charge in [-0.25, -0.2) is 0 Å². The van der Waals surface area contributed by atoms with Crippen molar-refractivity contribution in [1.82, 2.24) is 4.57 Å². The Morgan fingerprint density at radius 2 is 1.83 bits per heavy atom. The number of anilines is 1. The van der Waals surface area contributed by atoms with Crippen LogP contribution in [0.5, 0.6) is 0 Å². The van der Waals surface area contributed by atoms with Crippen LogP contribution in [0.1, 0.15) is 25.3 Å². The first-order valence-electron chi connectivity index (χ1n) is 5.85. The zero-order chi connectivity index (χ0) is 13.7. The number of benzene rings is 1. The molecule has 4 nitrogen and oxygen atoms in total.